The fourth-order valence-electron chi connectivity index (χ4n) is 1.70. The highest BCUT2D eigenvalue weighted by atomic mass is 35.5. The Morgan fingerprint density at radius 1 is 1.06 bits per heavy atom. The molecule has 3 heteroatoms. The lowest BCUT2D eigenvalue weighted by Crippen LogP contribution is -2.12. The van der Waals surface area contributed by atoms with E-state index in [0.717, 1.165) is 11.3 Å². The molecule has 0 aliphatic rings. The zero-order valence-electron chi connectivity index (χ0n) is 9.90. The van der Waals surface area contributed by atoms with Crippen molar-refractivity contribution in [2.24, 2.45) is 0 Å². The minimum Gasteiger partial charge on any atom is -0.326 e. The van der Waals surface area contributed by atoms with Crippen LogP contribution in [0.15, 0.2) is 54.6 Å². The zero-order valence-corrected chi connectivity index (χ0v) is 10.7. The molecular formula is C15H14ClNO. The summed E-state index contributed by atoms with van der Waals surface area (Å²) in [5.41, 5.74) is 1.90. The number of carbonyl (C=O) groups is 1. The van der Waals surface area contributed by atoms with E-state index in [1.807, 2.05) is 54.6 Å². The summed E-state index contributed by atoms with van der Waals surface area (Å²) in [6.45, 7) is 0. The molecule has 0 fully saturated rings. The molecule has 0 atom stereocenters. The number of carbonyl (C=O) groups excluding carboxylic acids is 1. The van der Waals surface area contributed by atoms with Gasteiger partial charge in [-0.2, -0.15) is 0 Å². The van der Waals surface area contributed by atoms with Crippen molar-refractivity contribution in [3.63, 3.8) is 0 Å². The van der Waals surface area contributed by atoms with Crippen LogP contribution >= 0.6 is 11.6 Å². The van der Waals surface area contributed by atoms with Crippen molar-refractivity contribution >= 4 is 23.2 Å². The largest absolute Gasteiger partial charge is 0.326 e. The molecule has 2 aromatic carbocycles. The van der Waals surface area contributed by atoms with E-state index in [0.29, 0.717) is 17.9 Å². The van der Waals surface area contributed by atoms with E-state index < -0.39 is 0 Å². The Labute approximate surface area is 112 Å². The van der Waals surface area contributed by atoms with Crippen molar-refractivity contribution in [3.8, 4) is 0 Å². The van der Waals surface area contributed by atoms with Crippen LogP contribution in [-0.4, -0.2) is 5.91 Å². The molecule has 0 aliphatic heterocycles. The number of rotatable bonds is 4. The van der Waals surface area contributed by atoms with Gasteiger partial charge in [-0.1, -0.05) is 41.9 Å². The van der Waals surface area contributed by atoms with Crippen molar-refractivity contribution in [2.45, 2.75) is 12.8 Å². The van der Waals surface area contributed by atoms with Gasteiger partial charge in [-0.3, -0.25) is 4.79 Å². The predicted octanol–water partition coefficient (Wildman–Crippen LogP) is 3.91. The molecule has 0 radical (unpaired) electrons. The third kappa shape index (κ3) is 3.90. The van der Waals surface area contributed by atoms with Crippen molar-refractivity contribution in [3.05, 3.63) is 65.2 Å². The first kappa shape index (κ1) is 12.7. The number of halogens is 1. The maximum absolute atomic E-state index is 11.7. The SMILES string of the molecule is O=C(CCc1cccc(Cl)c1)Nc1ccccc1. The molecule has 18 heavy (non-hydrogen) atoms. The molecule has 0 unspecified atom stereocenters. The number of hydrogen-bond acceptors (Lipinski definition) is 1. The number of nitrogens with one attached hydrogen (secondary N) is 1. The lowest BCUT2D eigenvalue weighted by atomic mass is 10.1. The Hall–Kier alpha value is -1.80. The van der Waals surface area contributed by atoms with Crippen LogP contribution in [0, 0.1) is 0 Å². The maximum atomic E-state index is 11.7. The minimum absolute atomic E-state index is 0.0150. The molecule has 1 amide bonds. The fourth-order valence-corrected chi connectivity index (χ4v) is 1.91. The molecule has 0 bridgehead atoms. The number of amides is 1. The molecule has 0 heterocycles. The summed E-state index contributed by atoms with van der Waals surface area (Å²) in [5.74, 6) is 0.0150. The van der Waals surface area contributed by atoms with Crippen LogP contribution < -0.4 is 5.32 Å². The lowest BCUT2D eigenvalue weighted by molar-refractivity contribution is -0.116. The topological polar surface area (TPSA) is 29.1 Å². The molecule has 0 aliphatic carbocycles. The first-order chi connectivity index (χ1) is 8.74. The van der Waals surface area contributed by atoms with Gasteiger partial charge < -0.3 is 5.32 Å². The standard InChI is InChI=1S/C15H14ClNO/c16-13-6-4-5-12(11-13)9-10-15(18)17-14-7-2-1-3-8-14/h1-8,11H,9-10H2,(H,17,18). The number of hydrogen-bond donors (Lipinski definition) is 1. The normalized spacial score (nSPS) is 10.1. The quantitative estimate of drug-likeness (QED) is 0.886. The van der Waals surface area contributed by atoms with E-state index in [2.05, 4.69) is 5.32 Å². The van der Waals surface area contributed by atoms with E-state index >= 15 is 0 Å². The van der Waals surface area contributed by atoms with Gasteiger partial charge in [0, 0.05) is 17.1 Å². The van der Waals surface area contributed by atoms with E-state index in [1.165, 1.54) is 0 Å². The lowest BCUT2D eigenvalue weighted by Gasteiger charge is -2.05. The van der Waals surface area contributed by atoms with Crippen LogP contribution in [0.4, 0.5) is 5.69 Å². The van der Waals surface area contributed by atoms with Crippen LogP contribution in [0.2, 0.25) is 5.02 Å². The highest BCUT2D eigenvalue weighted by Crippen LogP contribution is 2.13. The second-order valence-electron chi connectivity index (χ2n) is 4.04. The molecular weight excluding hydrogens is 246 g/mol. The number of benzene rings is 2. The highest BCUT2D eigenvalue weighted by Gasteiger charge is 2.03. The molecule has 0 saturated carbocycles. The van der Waals surface area contributed by atoms with Crippen LogP contribution in [0.1, 0.15) is 12.0 Å². The van der Waals surface area contributed by atoms with E-state index in [4.69, 9.17) is 11.6 Å². The fraction of sp³-hybridized carbons (Fsp3) is 0.133. The van der Waals surface area contributed by atoms with E-state index in [1.54, 1.807) is 0 Å². The Morgan fingerprint density at radius 3 is 2.56 bits per heavy atom. The number of anilines is 1. The molecule has 0 saturated heterocycles. The van der Waals surface area contributed by atoms with Gasteiger partial charge in [-0.25, -0.2) is 0 Å². The van der Waals surface area contributed by atoms with Gasteiger partial charge in [-0.15, -0.1) is 0 Å². The Morgan fingerprint density at radius 2 is 1.83 bits per heavy atom. The summed E-state index contributed by atoms with van der Waals surface area (Å²) in [5, 5.41) is 3.56. The smallest absolute Gasteiger partial charge is 0.224 e. The van der Waals surface area contributed by atoms with Crippen molar-refractivity contribution in [1.82, 2.24) is 0 Å². The first-order valence-electron chi connectivity index (χ1n) is 5.83. The second-order valence-corrected chi connectivity index (χ2v) is 4.48. The van der Waals surface area contributed by atoms with Gasteiger partial charge in [0.05, 0.1) is 0 Å². The molecule has 1 N–H and O–H groups in total. The number of aryl methyl sites for hydroxylation is 1. The van der Waals surface area contributed by atoms with Gasteiger partial charge in [-0.05, 0) is 36.2 Å². The minimum atomic E-state index is 0.0150. The third-order valence-corrected chi connectivity index (χ3v) is 2.82. The van der Waals surface area contributed by atoms with Crippen LogP contribution in [-0.2, 0) is 11.2 Å². The third-order valence-electron chi connectivity index (χ3n) is 2.59. The summed E-state index contributed by atoms with van der Waals surface area (Å²) in [7, 11) is 0. The average molecular weight is 260 g/mol. The maximum Gasteiger partial charge on any atom is 0.224 e. The van der Waals surface area contributed by atoms with Crippen LogP contribution in [0.25, 0.3) is 0 Å². The highest BCUT2D eigenvalue weighted by molar-refractivity contribution is 6.30. The monoisotopic (exact) mass is 259 g/mol. The van der Waals surface area contributed by atoms with Crippen molar-refractivity contribution < 1.29 is 4.79 Å². The Bertz CT molecular complexity index is 525. The average Bonchev–Trinajstić information content (AvgIpc) is 2.38. The molecule has 2 aromatic rings. The molecule has 0 aromatic heterocycles. The molecule has 2 rings (SSSR count). The number of para-hydroxylation sites is 1. The summed E-state index contributed by atoms with van der Waals surface area (Å²) in [4.78, 5) is 11.7. The predicted molar refractivity (Wildman–Crippen MR) is 74.8 cm³/mol. The van der Waals surface area contributed by atoms with Gasteiger partial charge in [0.25, 0.3) is 0 Å². The van der Waals surface area contributed by atoms with Crippen molar-refractivity contribution in [1.29, 1.82) is 0 Å². The molecule has 0 spiro atoms. The van der Waals surface area contributed by atoms with E-state index in [-0.39, 0.29) is 5.91 Å². The van der Waals surface area contributed by atoms with Gasteiger partial charge in [0.2, 0.25) is 5.91 Å². The second kappa shape index (κ2) is 6.22. The van der Waals surface area contributed by atoms with Crippen LogP contribution in [0.3, 0.4) is 0 Å². The van der Waals surface area contributed by atoms with Gasteiger partial charge in [0.1, 0.15) is 0 Å². The summed E-state index contributed by atoms with van der Waals surface area (Å²) in [6, 6.07) is 17.0. The summed E-state index contributed by atoms with van der Waals surface area (Å²) in [6.07, 6.45) is 1.15. The summed E-state index contributed by atoms with van der Waals surface area (Å²) >= 11 is 5.89. The molecule has 92 valence electrons. The Balaban J connectivity index is 1.85. The zero-order chi connectivity index (χ0) is 12.8. The van der Waals surface area contributed by atoms with Crippen molar-refractivity contribution in [2.75, 3.05) is 5.32 Å². The Kier molecular flexibility index (Phi) is 4.37. The summed E-state index contributed by atoms with van der Waals surface area (Å²) < 4.78 is 0. The van der Waals surface area contributed by atoms with E-state index in [9.17, 15) is 4.79 Å². The van der Waals surface area contributed by atoms with Gasteiger partial charge >= 0.3 is 0 Å². The van der Waals surface area contributed by atoms with Crippen LogP contribution in [0.5, 0.6) is 0 Å². The molecule has 2 nitrogen and oxygen atoms in total. The van der Waals surface area contributed by atoms with Gasteiger partial charge in [0.15, 0.2) is 0 Å². The first-order valence-corrected chi connectivity index (χ1v) is 6.21.